The Bertz CT molecular complexity index is 219. The smallest absolute Gasteiger partial charge is 0.337 e. The molecule has 0 radical (unpaired) electrons. The molecule has 0 bridgehead atoms. The summed E-state index contributed by atoms with van der Waals surface area (Å²) in [6.07, 6.45) is 12.6. The molecule has 0 atom stereocenters. The van der Waals surface area contributed by atoms with Crippen LogP contribution in [0.2, 0.25) is 0 Å². The fourth-order valence-corrected chi connectivity index (χ4v) is 1.93. The van der Waals surface area contributed by atoms with Gasteiger partial charge in [-0.05, 0) is 20.3 Å². The van der Waals surface area contributed by atoms with Gasteiger partial charge in [0.1, 0.15) is 0 Å². The molecule has 0 unspecified atom stereocenters. The van der Waals surface area contributed by atoms with Crippen LogP contribution in [-0.4, -0.2) is 23.3 Å². The molecule has 114 valence electrons. The molecule has 1 N–H and O–H groups in total. The number of unbranched alkanes of at least 4 members (excludes halogenated alkanes) is 9. The van der Waals surface area contributed by atoms with Crippen molar-refractivity contribution >= 4 is 5.97 Å². The van der Waals surface area contributed by atoms with Crippen molar-refractivity contribution in [2.45, 2.75) is 90.6 Å². The molecule has 3 nitrogen and oxygen atoms in total. The third-order valence-corrected chi connectivity index (χ3v) is 3.23. The summed E-state index contributed by atoms with van der Waals surface area (Å²) in [4.78, 5) is 11.3. The van der Waals surface area contributed by atoms with Crippen LogP contribution in [0.5, 0.6) is 0 Å². The van der Waals surface area contributed by atoms with Crippen LogP contribution in [0.1, 0.15) is 85.0 Å². The molecule has 0 heterocycles. The van der Waals surface area contributed by atoms with Crippen molar-refractivity contribution in [3.63, 3.8) is 0 Å². The van der Waals surface area contributed by atoms with Gasteiger partial charge in [0.25, 0.3) is 0 Å². The van der Waals surface area contributed by atoms with E-state index in [0.717, 1.165) is 12.8 Å². The lowest BCUT2D eigenvalue weighted by molar-refractivity contribution is -0.161. The van der Waals surface area contributed by atoms with Crippen LogP contribution in [-0.2, 0) is 9.53 Å². The Balaban J connectivity index is 3.17. The van der Waals surface area contributed by atoms with Gasteiger partial charge in [0, 0.05) is 0 Å². The Hall–Kier alpha value is -0.570. The van der Waals surface area contributed by atoms with Gasteiger partial charge in [0.05, 0.1) is 6.61 Å². The number of carbonyl (C=O) groups is 1. The van der Waals surface area contributed by atoms with Crippen molar-refractivity contribution in [3.05, 3.63) is 0 Å². The molecule has 0 spiro atoms. The molecule has 0 fully saturated rings. The van der Waals surface area contributed by atoms with Crippen LogP contribution in [0.15, 0.2) is 0 Å². The Kier molecular flexibility index (Phi) is 10.9. The molecule has 0 aromatic carbocycles. The highest BCUT2D eigenvalue weighted by Crippen LogP contribution is 2.11. The zero-order valence-corrected chi connectivity index (χ0v) is 13.0. The SMILES string of the molecule is CCCCCCCCCCCCOC(=O)C(C)(C)O. The van der Waals surface area contributed by atoms with Gasteiger partial charge in [-0.25, -0.2) is 4.79 Å². The maximum absolute atomic E-state index is 11.3. The molecule has 0 saturated heterocycles. The number of rotatable bonds is 12. The fourth-order valence-electron chi connectivity index (χ4n) is 1.93. The van der Waals surface area contributed by atoms with E-state index in [4.69, 9.17) is 4.74 Å². The van der Waals surface area contributed by atoms with Gasteiger partial charge in [0.15, 0.2) is 5.60 Å². The lowest BCUT2D eigenvalue weighted by Gasteiger charge is -2.15. The minimum Gasteiger partial charge on any atom is -0.464 e. The summed E-state index contributed by atoms with van der Waals surface area (Å²) in [6.45, 7) is 5.58. The topological polar surface area (TPSA) is 46.5 Å². The summed E-state index contributed by atoms with van der Waals surface area (Å²) in [6, 6.07) is 0. The van der Waals surface area contributed by atoms with E-state index in [2.05, 4.69) is 6.92 Å². The molecule has 0 aromatic rings. The zero-order chi connectivity index (χ0) is 14.6. The quantitative estimate of drug-likeness (QED) is 0.427. The summed E-state index contributed by atoms with van der Waals surface area (Å²) in [5, 5.41) is 9.37. The van der Waals surface area contributed by atoms with Crippen LogP contribution < -0.4 is 0 Å². The lowest BCUT2D eigenvalue weighted by atomic mass is 10.1. The van der Waals surface area contributed by atoms with Crippen molar-refractivity contribution in [2.24, 2.45) is 0 Å². The second-order valence-electron chi connectivity index (χ2n) is 5.88. The first kappa shape index (κ1) is 18.4. The number of ether oxygens (including phenoxy) is 1. The predicted octanol–water partition coefficient (Wildman–Crippen LogP) is 4.22. The lowest BCUT2D eigenvalue weighted by Crippen LogP contribution is -2.33. The molecule has 0 aromatic heterocycles. The van der Waals surface area contributed by atoms with E-state index in [1.807, 2.05) is 0 Å². The standard InChI is InChI=1S/C16H32O3/c1-4-5-6-7-8-9-10-11-12-13-14-19-15(17)16(2,3)18/h18H,4-14H2,1-3H3. The molecule has 0 aliphatic carbocycles. The molecule has 0 aliphatic heterocycles. The van der Waals surface area contributed by atoms with Gasteiger partial charge in [-0.3, -0.25) is 0 Å². The molecular weight excluding hydrogens is 240 g/mol. The highest BCUT2D eigenvalue weighted by atomic mass is 16.5. The van der Waals surface area contributed by atoms with Crippen LogP contribution in [0, 0.1) is 0 Å². The predicted molar refractivity (Wildman–Crippen MR) is 79.1 cm³/mol. The van der Waals surface area contributed by atoms with Gasteiger partial charge in [0.2, 0.25) is 0 Å². The highest BCUT2D eigenvalue weighted by molar-refractivity contribution is 5.78. The third-order valence-electron chi connectivity index (χ3n) is 3.23. The molecule has 0 saturated carbocycles. The van der Waals surface area contributed by atoms with Crippen molar-refractivity contribution in [2.75, 3.05) is 6.61 Å². The summed E-state index contributed by atoms with van der Waals surface area (Å²) in [5.41, 5.74) is -1.36. The molecule has 3 heteroatoms. The number of carbonyl (C=O) groups excluding carboxylic acids is 1. The monoisotopic (exact) mass is 272 g/mol. The minimum absolute atomic E-state index is 0.430. The van der Waals surface area contributed by atoms with E-state index in [-0.39, 0.29) is 0 Å². The molecule has 0 rings (SSSR count). The number of aliphatic hydroxyl groups is 1. The molecular formula is C16H32O3. The van der Waals surface area contributed by atoms with Gasteiger partial charge in [-0.15, -0.1) is 0 Å². The second kappa shape index (κ2) is 11.3. The van der Waals surface area contributed by atoms with Crippen molar-refractivity contribution in [3.8, 4) is 0 Å². The average Bonchev–Trinajstić information content (AvgIpc) is 2.34. The van der Waals surface area contributed by atoms with E-state index < -0.39 is 11.6 Å². The fraction of sp³-hybridized carbons (Fsp3) is 0.938. The van der Waals surface area contributed by atoms with Crippen LogP contribution >= 0.6 is 0 Å². The first-order valence-corrected chi connectivity index (χ1v) is 7.88. The van der Waals surface area contributed by atoms with Crippen molar-refractivity contribution in [1.29, 1.82) is 0 Å². The normalized spacial score (nSPS) is 11.6. The first-order valence-electron chi connectivity index (χ1n) is 7.88. The van der Waals surface area contributed by atoms with E-state index in [9.17, 15) is 9.90 Å². The molecule has 0 amide bonds. The van der Waals surface area contributed by atoms with Crippen molar-refractivity contribution < 1.29 is 14.6 Å². The van der Waals surface area contributed by atoms with Gasteiger partial charge < -0.3 is 9.84 Å². The highest BCUT2D eigenvalue weighted by Gasteiger charge is 2.25. The van der Waals surface area contributed by atoms with Crippen LogP contribution in [0.3, 0.4) is 0 Å². The third kappa shape index (κ3) is 12.2. The Labute approximate surface area is 118 Å². The first-order chi connectivity index (χ1) is 8.98. The number of hydrogen-bond acceptors (Lipinski definition) is 3. The second-order valence-corrected chi connectivity index (χ2v) is 5.88. The maximum atomic E-state index is 11.3. The zero-order valence-electron chi connectivity index (χ0n) is 13.0. The number of esters is 1. The summed E-state index contributed by atoms with van der Waals surface area (Å²) >= 11 is 0. The van der Waals surface area contributed by atoms with E-state index in [0.29, 0.717) is 6.61 Å². The van der Waals surface area contributed by atoms with E-state index in [1.54, 1.807) is 0 Å². The molecule has 0 aliphatic rings. The Morgan fingerprint density at radius 1 is 0.895 bits per heavy atom. The minimum atomic E-state index is -1.36. The van der Waals surface area contributed by atoms with Gasteiger partial charge in [-0.2, -0.15) is 0 Å². The van der Waals surface area contributed by atoms with E-state index in [1.165, 1.54) is 65.2 Å². The largest absolute Gasteiger partial charge is 0.464 e. The van der Waals surface area contributed by atoms with Crippen LogP contribution in [0.4, 0.5) is 0 Å². The Morgan fingerprint density at radius 3 is 1.74 bits per heavy atom. The summed E-state index contributed by atoms with van der Waals surface area (Å²) < 4.78 is 4.99. The van der Waals surface area contributed by atoms with Gasteiger partial charge >= 0.3 is 5.97 Å². The number of hydrogen-bond donors (Lipinski definition) is 1. The summed E-state index contributed by atoms with van der Waals surface area (Å²) in [7, 11) is 0. The summed E-state index contributed by atoms with van der Waals surface area (Å²) in [5.74, 6) is -0.525. The Morgan fingerprint density at radius 2 is 1.32 bits per heavy atom. The maximum Gasteiger partial charge on any atom is 0.337 e. The van der Waals surface area contributed by atoms with Gasteiger partial charge in [-0.1, -0.05) is 64.7 Å². The average molecular weight is 272 g/mol. The van der Waals surface area contributed by atoms with Crippen molar-refractivity contribution in [1.82, 2.24) is 0 Å². The van der Waals surface area contributed by atoms with E-state index >= 15 is 0 Å². The van der Waals surface area contributed by atoms with Crippen LogP contribution in [0.25, 0.3) is 0 Å². The molecule has 19 heavy (non-hydrogen) atoms.